The van der Waals surface area contributed by atoms with Gasteiger partial charge in [0.1, 0.15) is 0 Å². The quantitative estimate of drug-likeness (QED) is 0.656. The van der Waals surface area contributed by atoms with Crippen LogP contribution in [0.4, 0.5) is 5.69 Å². The predicted octanol–water partition coefficient (Wildman–Crippen LogP) is 3.43. The first kappa shape index (κ1) is 13.0. The fourth-order valence-electron chi connectivity index (χ4n) is 2.72. The third-order valence-electron chi connectivity index (χ3n) is 3.91. The highest BCUT2D eigenvalue weighted by atomic mass is 16.6. The van der Waals surface area contributed by atoms with Gasteiger partial charge in [0.25, 0.3) is 5.69 Å². The van der Waals surface area contributed by atoms with Crippen LogP contribution in [0.5, 0.6) is 0 Å². The van der Waals surface area contributed by atoms with Crippen LogP contribution < -0.4 is 5.32 Å². The van der Waals surface area contributed by atoms with Crippen LogP contribution in [0.1, 0.15) is 44.7 Å². The molecule has 0 amide bonds. The van der Waals surface area contributed by atoms with E-state index in [-0.39, 0.29) is 16.7 Å². The molecule has 0 aromatic heterocycles. The normalized spacial score (nSPS) is 25.0. The second-order valence-corrected chi connectivity index (χ2v) is 5.26. The molecule has 0 heterocycles. The van der Waals surface area contributed by atoms with Crippen molar-refractivity contribution in [2.45, 2.75) is 45.2 Å². The minimum atomic E-state index is -0.339. The van der Waals surface area contributed by atoms with E-state index in [1.165, 1.54) is 25.3 Å². The van der Waals surface area contributed by atoms with Crippen molar-refractivity contribution >= 4 is 5.69 Å². The molecular weight excluding hydrogens is 228 g/mol. The van der Waals surface area contributed by atoms with E-state index in [2.05, 4.69) is 19.2 Å². The molecule has 4 heteroatoms. The summed E-state index contributed by atoms with van der Waals surface area (Å²) < 4.78 is 0. The van der Waals surface area contributed by atoms with Crippen LogP contribution in [0.25, 0.3) is 0 Å². The van der Waals surface area contributed by atoms with Gasteiger partial charge in [-0.25, -0.2) is 0 Å². The average molecular weight is 248 g/mol. The van der Waals surface area contributed by atoms with Crippen LogP contribution in [0, 0.1) is 16.0 Å². The molecule has 0 saturated heterocycles. The molecule has 18 heavy (non-hydrogen) atoms. The molecule has 1 aromatic rings. The van der Waals surface area contributed by atoms with Crippen molar-refractivity contribution in [2.24, 2.45) is 5.92 Å². The Morgan fingerprint density at radius 3 is 2.83 bits per heavy atom. The number of benzene rings is 1. The summed E-state index contributed by atoms with van der Waals surface area (Å²) in [7, 11) is 0. The van der Waals surface area contributed by atoms with E-state index in [0.29, 0.717) is 12.0 Å². The molecule has 3 unspecified atom stereocenters. The van der Waals surface area contributed by atoms with Gasteiger partial charge in [0.15, 0.2) is 0 Å². The first-order valence-electron chi connectivity index (χ1n) is 6.58. The smallest absolute Gasteiger partial charge is 0.269 e. The molecule has 0 radical (unpaired) electrons. The minimum Gasteiger partial charge on any atom is -0.307 e. The Balaban J connectivity index is 2.06. The average Bonchev–Trinajstić information content (AvgIpc) is 2.75. The topological polar surface area (TPSA) is 55.2 Å². The van der Waals surface area contributed by atoms with Crippen molar-refractivity contribution in [3.8, 4) is 0 Å². The summed E-state index contributed by atoms with van der Waals surface area (Å²) in [6, 6.07) is 7.61. The van der Waals surface area contributed by atoms with Gasteiger partial charge in [-0.2, -0.15) is 0 Å². The van der Waals surface area contributed by atoms with Gasteiger partial charge in [-0.15, -0.1) is 0 Å². The van der Waals surface area contributed by atoms with E-state index in [4.69, 9.17) is 0 Å². The van der Waals surface area contributed by atoms with Crippen molar-refractivity contribution < 1.29 is 4.92 Å². The summed E-state index contributed by atoms with van der Waals surface area (Å²) in [5.74, 6) is 0.700. The lowest BCUT2D eigenvalue weighted by Gasteiger charge is -2.23. The standard InChI is InChI=1S/C14H20N2O2/c1-10-5-3-8-14(10)15-11(2)12-6-4-7-13(9-12)16(17)18/h4,6-7,9-11,14-15H,3,5,8H2,1-2H3. The highest BCUT2D eigenvalue weighted by Crippen LogP contribution is 2.28. The lowest BCUT2D eigenvalue weighted by Crippen LogP contribution is -2.33. The molecule has 0 bridgehead atoms. The third-order valence-corrected chi connectivity index (χ3v) is 3.91. The second-order valence-electron chi connectivity index (χ2n) is 5.26. The van der Waals surface area contributed by atoms with Crippen molar-refractivity contribution in [3.05, 3.63) is 39.9 Å². The molecule has 0 spiro atoms. The fourth-order valence-corrected chi connectivity index (χ4v) is 2.72. The Kier molecular flexibility index (Phi) is 3.97. The molecular formula is C14H20N2O2. The lowest BCUT2D eigenvalue weighted by molar-refractivity contribution is -0.384. The highest BCUT2D eigenvalue weighted by Gasteiger charge is 2.24. The van der Waals surface area contributed by atoms with Gasteiger partial charge in [0, 0.05) is 24.2 Å². The van der Waals surface area contributed by atoms with Crippen molar-refractivity contribution in [1.82, 2.24) is 5.32 Å². The van der Waals surface area contributed by atoms with E-state index in [1.54, 1.807) is 12.1 Å². The first-order chi connectivity index (χ1) is 8.58. The zero-order chi connectivity index (χ0) is 13.1. The van der Waals surface area contributed by atoms with Gasteiger partial charge >= 0.3 is 0 Å². The van der Waals surface area contributed by atoms with Gasteiger partial charge in [0.2, 0.25) is 0 Å². The molecule has 1 aromatic carbocycles. The number of hydrogen-bond acceptors (Lipinski definition) is 3. The zero-order valence-electron chi connectivity index (χ0n) is 10.9. The minimum absolute atomic E-state index is 0.162. The number of non-ortho nitro benzene ring substituents is 1. The van der Waals surface area contributed by atoms with E-state index >= 15 is 0 Å². The highest BCUT2D eigenvalue weighted by molar-refractivity contribution is 5.35. The van der Waals surface area contributed by atoms with Crippen molar-refractivity contribution in [1.29, 1.82) is 0 Å². The van der Waals surface area contributed by atoms with Crippen molar-refractivity contribution in [3.63, 3.8) is 0 Å². The maximum absolute atomic E-state index is 10.8. The first-order valence-corrected chi connectivity index (χ1v) is 6.58. The number of rotatable bonds is 4. The summed E-state index contributed by atoms with van der Waals surface area (Å²) >= 11 is 0. The van der Waals surface area contributed by atoms with Gasteiger partial charge in [-0.1, -0.05) is 25.5 Å². The van der Waals surface area contributed by atoms with Crippen LogP contribution in [-0.2, 0) is 0 Å². The lowest BCUT2D eigenvalue weighted by atomic mass is 10.0. The molecule has 2 rings (SSSR count). The summed E-state index contributed by atoms with van der Waals surface area (Å²) in [5, 5.41) is 14.3. The van der Waals surface area contributed by atoms with E-state index < -0.39 is 0 Å². The van der Waals surface area contributed by atoms with Gasteiger partial charge < -0.3 is 5.32 Å². The second kappa shape index (κ2) is 5.48. The fraction of sp³-hybridized carbons (Fsp3) is 0.571. The Labute approximate surface area is 108 Å². The van der Waals surface area contributed by atoms with Gasteiger partial charge in [-0.3, -0.25) is 10.1 Å². The number of hydrogen-bond donors (Lipinski definition) is 1. The largest absolute Gasteiger partial charge is 0.307 e. The van der Waals surface area contributed by atoms with Crippen LogP contribution in [0.2, 0.25) is 0 Å². The van der Waals surface area contributed by atoms with E-state index in [0.717, 1.165) is 5.56 Å². The molecule has 1 aliphatic rings. The molecule has 3 atom stereocenters. The molecule has 1 N–H and O–H groups in total. The van der Waals surface area contributed by atoms with Crippen LogP contribution in [0.15, 0.2) is 24.3 Å². The molecule has 98 valence electrons. The van der Waals surface area contributed by atoms with Crippen LogP contribution in [-0.4, -0.2) is 11.0 Å². The monoisotopic (exact) mass is 248 g/mol. The van der Waals surface area contributed by atoms with Gasteiger partial charge in [-0.05, 0) is 31.2 Å². The van der Waals surface area contributed by atoms with Crippen molar-refractivity contribution in [2.75, 3.05) is 0 Å². The molecule has 0 aliphatic heterocycles. The van der Waals surface area contributed by atoms with Crippen LogP contribution in [0.3, 0.4) is 0 Å². The molecule has 1 aliphatic carbocycles. The number of nitrogens with one attached hydrogen (secondary N) is 1. The summed E-state index contributed by atoms with van der Waals surface area (Å²) in [4.78, 5) is 10.4. The number of nitrogens with zero attached hydrogens (tertiary/aromatic N) is 1. The summed E-state index contributed by atoms with van der Waals surface area (Å²) in [6.45, 7) is 4.34. The number of nitro groups is 1. The molecule has 4 nitrogen and oxygen atoms in total. The Bertz CT molecular complexity index is 434. The zero-order valence-corrected chi connectivity index (χ0v) is 10.9. The Morgan fingerprint density at radius 2 is 2.22 bits per heavy atom. The van der Waals surface area contributed by atoms with E-state index in [1.807, 2.05) is 6.07 Å². The molecule has 1 saturated carbocycles. The summed E-state index contributed by atoms with van der Waals surface area (Å²) in [6.07, 6.45) is 3.76. The Hall–Kier alpha value is -1.42. The van der Waals surface area contributed by atoms with E-state index in [9.17, 15) is 10.1 Å². The maximum atomic E-state index is 10.8. The number of nitro benzene ring substituents is 1. The van der Waals surface area contributed by atoms with Gasteiger partial charge in [0.05, 0.1) is 4.92 Å². The van der Waals surface area contributed by atoms with Crippen LogP contribution >= 0.6 is 0 Å². The predicted molar refractivity (Wildman–Crippen MR) is 71.5 cm³/mol. The third kappa shape index (κ3) is 2.88. The summed E-state index contributed by atoms with van der Waals surface area (Å²) in [5.41, 5.74) is 1.16. The SMILES string of the molecule is CC(NC1CCCC1C)c1cccc([N+](=O)[O-])c1. The Morgan fingerprint density at radius 1 is 1.44 bits per heavy atom. The molecule has 1 fully saturated rings. The maximum Gasteiger partial charge on any atom is 0.269 e.